The monoisotopic (exact) mass is 322 g/mol. The molecule has 0 aromatic heterocycles. The third-order valence-electron chi connectivity index (χ3n) is 4.47. The fraction of sp³-hybridized carbons (Fsp3) is 0.300. The predicted molar refractivity (Wildman–Crippen MR) is 95.0 cm³/mol. The van der Waals surface area contributed by atoms with Crippen LogP contribution in [-0.4, -0.2) is 29.3 Å². The van der Waals surface area contributed by atoms with Crippen LogP contribution in [0.3, 0.4) is 0 Å². The molecule has 1 aliphatic rings. The molecule has 2 amide bonds. The van der Waals surface area contributed by atoms with Gasteiger partial charge < -0.3 is 10.2 Å². The zero-order valence-electron chi connectivity index (χ0n) is 13.9. The Morgan fingerprint density at radius 1 is 1.08 bits per heavy atom. The molecule has 1 atom stereocenters. The van der Waals surface area contributed by atoms with E-state index < -0.39 is 6.04 Å². The SMILES string of the molecule is CCc1ccc(NC(=O)[C@H]2CCCN2C(=O)c2ccccc2)cc1. The molecule has 0 bridgehead atoms. The Kier molecular flexibility index (Phi) is 4.94. The van der Waals surface area contributed by atoms with Gasteiger partial charge in [-0.15, -0.1) is 0 Å². The van der Waals surface area contributed by atoms with E-state index in [0.717, 1.165) is 18.5 Å². The number of likely N-dealkylation sites (tertiary alicyclic amines) is 1. The summed E-state index contributed by atoms with van der Waals surface area (Å²) in [5.74, 6) is -0.185. The van der Waals surface area contributed by atoms with Crippen molar-refractivity contribution in [2.24, 2.45) is 0 Å². The van der Waals surface area contributed by atoms with Crippen molar-refractivity contribution in [2.45, 2.75) is 32.2 Å². The third-order valence-corrected chi connectivity index (χ3v) is 4.47. The van der Waals surface area contributed by atoms with Gasteiger partial charge in [-0.1, -0.05) is 37.3 Å². The summed E-state index contributed by atoms with van der Waals surface area (Å²) < 4.78 is 0. The molecule has 4 heteroatoms. The number of rotatable bonds is 4. The number of aryl methyl sites for hydroxylation is 1. The first-order chi connectivity index (χ1) is 11.7. The molecule has 1 N–H and O–H groups in total. The summed E-state index contributed by atoms with van der Waals surface area (Å²) in [7, 11) is 0. The van der Waals surface area contributed by atoms with Gasteiger partial charge in [0.2, 0.25) is 5.91 Å². The Morgan fingerprint density at radius 3 is 2.46 bits per heavy atom. The van der Waals surface area contributed by atoms with Crippen molar-refractivity contribution < 1.29 is 9.59 Å². The number of benzene rings is 2. The molecule has 0 spiro atoms. The van der Waals surface area contributed by atoms with Gasteiger partial charge >= 0.3 is 0 Å². The van der Waals surface area contributed by atoms with Gasteiger partial charge in [-0.2, -0.15) is 0 Å². The standard InChI is InChI=1S/C20H22N2O2/c1-2-15-10-12-17(13-11-15)21-19(23)18-9-6-14-22(18)20(24)16-7-4-3-5-8-16/h3-5,7-8,10-13,18H,2,6,9,14H2,1H3,(H,21,23)/t18-/m1/s1. The minimum Gasteiger partial charge on any atom is -0.327 e. The van der Waals surface area contributed by atoms with Crippen LogP contribution in [0.5, 0.6) is 0 Å². The predicted octanol–water partition coefficient (Wildman–Crippen LogP) is 3.49. The van der Waals surface area contributed by atoms with Crippen molar-refractivity contribution in [1.82, 2.24) is 4.90 Å². The average Bonchev–Trinajstić information content (AvgIpc) is 3.12. The van der Waals surface area contributed by atoms with Crippen molar-refractivity contribution in [3.05, 3.63) is 65.7 Å². The van der Waals surface area contributed by atoms with E-state index in [4.69, 9.17) is 0 Å². The van der Waals surface area contributed by atoms with Gasteiger partial charge in [-0.25, -0.2) is 0 Å². The number of amides is 2. The van der Waals surface area contributed by atoms with Gasteiger partial charge in [-0.05, 0) is 49.1 Å². The number of hydrogen-bond acceptors (Lipinski definition) is 2. The highest BCUT2D eigenvalue weighted by Gasteiger charge is 2.34. The second-order valence-corrected chi connectivity index (χ2v) is 6.06. The fourth-order valence-electron chi connectivity index (χ4n) is 3.08. The smallest absolute Gasteiger partial charge is 0.254 e. The van der Waals surface area contributed by atoms with E-state index in [1.807, 2.05) is 42.5 Å². The highest BCUT2D eigenvalue weighted by Crippen LogP contribution is 2.22. The van der Waals surface area contributed by atoms with E-state index in [1.54, 1.807) is 17.0 Å². The maximum atomic E-state index is 12.6. The molecule has 1 heterocycles. The molecule has 2 aromatic carbocycles. The van der Waals surface area contributed by atoms with E-state index in [1.165, 1.54) is 5.56 Å². The zero-order valence-corrected chi connectivity index (χ0v) is 13.9. The minimum absolute atomic E-state index is 0.0745. The van der Waals surface area contributed by atoms with Crippen molar-refractivity contribution in [3.63, 3.8) is 0 Å². The Bertz CT molecular complexity index is 710. The highest BCUT2D eigenvalue weighted by molar-refractivity contribution is 6.01. The quantitative estimate of drug-likeness (QED) is 0.936. The molecule has 0 aliphatic carbocycles. The lowest BCUT2D eigenvalue weighted by Crippen LogP contribution is -2.43. The topological polar surface area (TPSA) is 49.4 Å². The molecule has 2 aromatic rings. The first-order valence-corrected chi connectivity index (χ1v) is 8.45. The normalized spacial score (nSPS) is 16.9. The summed E-state index contributed by atoms with van der Waals surface area (Å²) in [6, 6.07) is 16.6. The van der Waals surface area contributed by atoms with E-state index >= 15 is 0 Å². The van der Waals surface area contributed by atoms with Crippen LogP contribution in [0.4, 0.5) is 5.69 Å². The highest BCUT2D eigenvalue weighted by atomic mass is 16.2. The number of anilines is 1. The minimum atomic E-state index is -0.399. The molecule has 3 rings (SSSR count). The zero-order chi connectivity index (χ0) is 16.9. The maximum Gasteiger partial charge on any atom is 0.254 e. The maximum absolute atomic E-state index is 12.6. The van der Waals surface area contributed by atoms with Gasteiger partial charge in [0, 0.05) is 17.8 Å². The van der Waals surface area contributed by atoms with Crippen molar-refractivity contribution >= 4 is 17.5 Å². The first-order valence-electron chi connectivity index (χ1n) is 8.45. The molecule has 0 unspecified atom stereocenters. The molecule has 1 fully saturated rings. The van der Waals surface area contributed by atoms with Crippen LogP contribution in [-0.2, 0) is 11.2 Å². The summed E-state index contributed by atoms with van der Waals surface area (Å²) in [6.07, 6.45) is 2.53. The van der Waals surface area contributed by atoms with E-state index in [-0.39, 0.29) is 11.8 Å². The Labute approximate surface area is 142 Å². The van der Waals surface area contributed by atoms with Crippen molar-refractivity contribution in [2.75, 3.05) is 11.9 Å². The first kappa shape index (κ1) is 16.2. The Hall–Kier alpha value is -2.62. The Balaban J connectivity index is 1.70. The lowest BCUT2D eigenvalue weighted by molar-refractivity contribution is -0.119. The van der Waals surface area contributed by atoms with Crippen LogP contribution in [0, 0.1) is 0 Å². The fourth-order valence-corrected chi connectivity index (χ4v) is 3.08. The van der Waals surface area contributed by atoms with Crippen LogP contribution >= 0.6 is 0 Å². The van der Waals surface area contributed by atoms with Gasteiger partial charge in [-0.3, -0.25) is 9.59 Å². The largest absolute Gasteiger partial charge is 0.327 e. The summed E-state index contributed by atoms with van der Waals surface area (Å²) in [5, 5.41) is 2.94. The second kappa shape index (κ2) is 7.30. The van der Waals surface area contributed by atoms with Crippen molar-refractivity contribution in [3.8, 4) is 0 Å². The van der Waals surface area contributed by atoms with Gasteiger partial charge in [0.05, 0.1) is 0 Å². The number of carbonyl (C=O) groups excluding carboxylic acids is 2. The van der Waals surface area contributed by atoms with Crippen LogP contribution in [0.1, 0.15) is 35.7 Å². The van der Waals surface area contributed by atoms with Gasteiger partial charge in [0.15, 0.2) is 0 Å². The van der Waals surface area contributed by atoms with Crippen molar-refractivity contribution in [1.29, 1.82) is 0 Å². The molecule has 0 saturated carbocycles. The lowest BCUT2D eigenvalue weighted by atomic mass is 10.1. The number of nitrogens with zero attached hydrogens (tertiary/aromatic N) is 1. The van der Waals surface area contributed by atoms with E-state index in [9.17, 15) is 9.59 Å². The molecule has 124 valence electrons. The average molecular weight is 322 g/mol. The van der Waals surface area contributed by atoms with Gasteiger partial charge in [0.25, 0.3) is 5.91 Å². The lowest BCUT2D eigenvalue weighted by Gasteiger charge is -2.24. The van der Waals surface area contributed by atoms with Crippen LogP contribution in [0.15, 0.2) is 54.6 Å². The molecule has 0 radical (unpaired) electrons. The van der Waals surface area contributed by atoms with Crippen LogP contribution < -0.4 is 5.32 Å². The molecule has 1 aliphatic heterocycles. The Morgan fingerprint density at radius 2 is 1.79 bits per heavy atom. The number of carbonyl (C=O) groups is 2. The molecule has 1 saturated heterocycles. The van der Waals surface area contributed by atoms with E-state index in [0.29, 0.717) is 18.5 Å². The molecular formula is C20H22N2O2. The van der Waals surface area contributed by atoms with E-state index in [2.05, 4.69) is 12.2 Å². The number of nitrogens with one attached hydrogen (secondary N) is 1. The van der Waals surface area contributed by atoms with Gasteiger partial charge in [0.1, 0.15) is 6.04 Å². The summed E-state index contributed by atoms with van der Waals surface area (Å²) in [4.78, 5) is 26.9. The summed E-state index contributed by atoms with van der Waals surface area (Å²) in [5.41, 5.74) is 2.63. The second-order valence-electron chi connectivity index (χ2n) is 6.06. The number of hydrogen-bond donors (Lipinski definition) is 1. The summed E-state index contributed by atoms with van der Waals surface area (Å²) in [6.45, 7) is 2.72. The third kappa shape index (κ3) is 3.48. The summed E-state index contributed by atoms with van der Waals surface area (Å²) >= 11 is 0. The van der Waals surface area contributed by atoms with Crippen LogP contribution in [0.25, 0.3) is 0 Å². The molecule has 4 nitrogen and oxygen atoms in total. The molecular weight excluding hydrogens is 300 g/mol. The molecule has 24 heavy (non-hydrogen) atoms. The van der Waals surface area contributed by atoms with Crippen LogP contribution in [0.2, 0.25) is 0 Å².